The molecule has 1 aromatic carbocycles. The summed E-state index contributed by atoms with van der Waals surface area (Å²) in [6.07, 6.45) is 4.62. The Morgan fingerprint density at radius 3 is 2.75 bits per heavy atom. The third-order valence-corrected chi connectivity index (χ3v) is 2.67. The molecular weight excluding hydrogens is 261 g/mol. The van der Waals surface area contributed by atoms with Gasteiger partial charge in [0.1, 0.15) is 23.6 Å². The first-order chi connectivity index (χ1) is 9.72. The normalized spacial score (nSPS) is 10.4. The van der Waals surface area contributed by atoms with Crippen molar-refractivity contribution in [3.05, 3.63) is 54.8 Å². The summed E-state index contributed by atoms with van der Waals surface area (Å²) in [5.74, 6) is 0.371. The van der Waals surface area contributed by atoms with Gasteiger partial charge in [-0.25, -0.2) is 4.39 Å². The number of benzene rings is 1. The van der Waals surface area contributed by atoms with Crippen LogP contribution in [-0.2, 0) is 0 Å². The van der Waals surface area contributed by atoms with E-state index in [1.807, 2.05) is 0 Å². The maximum absolute atomic E-state index is 13.3. The lowest BCUT2D eigenvalue weighted by atomic mass is 10.2. The van der Waals surface area contributed by atoms with Crippen LogP contribution in [-0.4, -0.2) is 10.1 Å². The lowest BCUT2D eigenvalue weighted by molar-refractivity contribution is 0.420. The third kappa shape index (κ3) is 2.44. The van der Waals surface area contributed by atoms with Crippen molar-refractivity contribution in [1.82, 2.24) is 10.1 Å². The van der Waals surface area contributed by atoms with Gasteiger partial charge in [0.25, 0.3) is 0 Å². The van der Waals surface area contributed by atoms with E-state index in [2.05, 4.69) is 10.1 Å². The maximum atomic E-state index is 13.3. The first-order valence-corrected chi connectivity index (χ1v) is 5.81. The molecule has 0 aliphatic carbocycles. The summed E-state index contributed by atoms with van der Waals surface area (Å²) in [6.45, 7) is 0. The second kappa shape index (κ2) is 5.00. The standard InChI is InChI=1S/C14H10FN3O2/c15-12-5-10(1-2-13(12)16)20-11-3-4-17-14(6-11)9-7-18-19-8-9/h1-8H,16H2. The van der Waals surface area contributed by atoms with Crippen LogP contribution in [0, 0.1) is 5.82 Å². The molecule has 0 amide bonds. The molecule has 2 heterocycles. The van der Waals surface area contributed by atoms with E-state index in [-0.39, 0.29) is 5.69 Å². The summed E-state index contributed by atoms with van der Waals surface area (Å²) in [7, 11) is 0. The van der Waals surface area contributed by atoms with Gasteiger partial charge in [0.2, 0.25) is 0 Å². The molecule has 0 fully saturated rings. The predicted octanol–water partition coefficient (Wildman–Crippen LogP) is 3.25. The molecule has 2 N–H and O–H groups in total. The van der Waals surface area contributed by atoms with Crippen molar-refractivity contribution in [2.24, 2.45) is 0 Å². The fraction of sp³-hybridized carbons (Fsp3) is 0. The van der Waals surface area contributed by atoms with Crippen molar-refractivity contribution in [3.8, 4) is 22.8 Å². The number of nitrogen functional groups attached to an aromatic ring is 1. The van der Waals surface area contributed by atoms with Crippen molar-refractivity contribution in [2.75, 3.05) is 5.73 Å². The van der Waals surface area contributed by atoms with Gasteiger partial charge in [-0.15, -0.1) is 0 Å². The zero-order chi connectivity index (χ0) is 13.9. The molecule has 6 heteroatoms. The highest BCUT2D eigenvalue weighted by Crippen LogP contribution is 2.27. The van der Waals surface area contributed by atoms with Gasteiger partial charge < -0.3 is 15.0 Å². The predicted molar refractivity (Wildman–Crippen MR) is 70.6 cm³/mol. The van der Waals surface area contributed by atoms with E-state index >= 15 is 0 Å². The second-order valence-electron chi connectivity index (χ2n) is 4.08. The summed E-state index contributed by atoms with van der Waals surface area (Å²) >= 11 is 0. The second-order valence-corrected chi connectivity index (χ2v) is 4.08. The van der Waals surface area contributed by atoms with Gasteiger partial charge in [-0.2, -0.15) is 0 Å². The van der Waals surface area contributed by atoms with Crippen molar-refractivity contribution < 1.29 is 13.7 Å². The van der Waals surface area contributed by atoms with Crippen LogP contribution in [0.1, 0.15) is 0 Å². The van der Waals surface area contributed by atoms with Crippen LogP contribution in [0.25, 0.3) is 11.3 Å². The Bertz CT molecular complexity index is 729. The monoisotopic (exact) mass is 271 g/mol. The van der Waals surface area contributed by atoms with E-state index in [1.54, 1.807) is 30.6 Å². The fourth-order valence-electron chi connectivity index (χ4n) is 1.67. The van der Waals surface area contributed by atoms with E-state index in [0.29, 0.717) is 17.2 Å². The lowest BCUT2D eigenvalue weighted by Gasteiger charge is -2.07. The van der Waals surface area contributed by atoms with Gasteiger partial charge in [-0.05, 0) is 18.2 Å². The number of aromatic nitrogens is 2. The number of pyridine rings is 1. The molecule has 0 saturated heterocycles. The van der Waals surface area contributed by atoms with Crippen molar-refractivity contribution in [1.29, 1.82) is 0 Å². The average molecular weight is 271 g/mol. The Morgan fingerprint density at radius 1 is 1.15 bits per heavy atom. The third-order valence-electron chi connectivity index (χ3n) is 2.67. The summed E-state index contributed by atoms with van der Waals surface area (Å²) in [6, 6.07) is 7.66. The van der Waals surface area contributed by atoms with E-state index in [1.165, 1.54) is 18.4 Å². The molecule has 0 saturated carbocycles. The molecule has 5 nitrogen and oxygen atoms in total. The van der Waals surface area contributed by atoms with Crippen LogP contribution in [0.3, 0.4) is 0 Å². The minimum absolute atomic E-state index is 0.0808. The Kier molecular flexibility index (Phi) is 3.04. The molecule has 0 radical (unpaired) electrons. The molecule has 3 rings (SSSR count). The van der Waals surface area contributed by atoms with Crippen LogP contribution >= 0.6 is 0 Å². The van der Waals surface area contributed by atoms with Crippen molar-refractivity contribution in [2.45, 2.75) is 0 Å². The zero-order valence-electron chi connectivity index (χ0n) is 10.3. The smallest absolute Gasteiger partial charge is 0.149 e. The van der Waals surface area contributed by atoms with E-state index in [4.69, 9.17) is 15.0 Å². The van der Waals surface area contributed by atoms with E-state index < -0.39 is 5.82 Å². The van der Waals surface area contributed by atoms with E-state index in [0.717, 1.165) is 5.56 Å². The molecule has 0 aliphatic rings. The number of nitrogens with two attached hydrogens (primary N) is 1. The van der Waals surface area contributed by atoms with E-state index in [9.17, 15) is 4.39 Å². The minimum atomic E-state index is -0.518. The Hall–Kier alpha value is -2.89. The highest BCUT2D eigenvalue weighted by molar-refractivity contribution is 5.58. The molecule has 100 valence electrons. The number of rotatable bonds is 3. The van der Waals surface area contributed by atoms with Gasteiger partial charge in [-0.1, -0.05) is 5.16 Å². The molecule has 0 bridgehead atoms. The lowest BCUT2D eigenvalue weighted by Crippen LogP contribution is -1.92. The number of nitrogens with zero attached hydrogens (tertiary/aromatic N) is 2. The van der Waals surface area contributed by atoms with Gasteiger partial charge >= 0.3 is 0 Å². The molecule has 2 aromatic heterocycles. The number of halogens is 1. The van der Waals surface area contributed by atoms with Gasteiger partial charge in [-0.3, -0.25) is 4.98 Å². The zero-order valence-corrected chi connectivity index (χ0v) is 10.3. The highest BCUT2D eigenvalue weighted by Gasteiger charge is 2.06. The number of ether oxygens (including phenoxy) is 1. The van der Waals surface area contributed by atoms with Crippen molar-refractivity contribution >= 4 is 5.69 Å². The SMILES string of the molecule is Nc1ccc(Oc2ccnc(-c3cnoc3)c2)cc1F. The molecule has 20 heavy (non-hydrogen) atoms. The first kappa shape index (κ1) is 12.2. The molecule has 0 unspecified atom stereocenters. The van der Waals surface area contributed by atoms with Crippen LogP contribution < -0.4 is 10.5 Å². The minimum Gasteiger partial charge on any atom is -0.457 e. The van der Waals surface area contributed by atoms with Gasteiger partial charge in [0.15, 0.2) is 0 Å². The quantitative estimate of drug-likeness (QED) is 0.740. The van der Waals surface area contributed by atoms with Crippen LogP contribution in [0.15, 0.2) is 53.5 Å². The molecule has 0 spiro atoms. The summed E-state index contributed by atoms with van der Waals surface area (Å²) < 4.78 is 23.7. The summed E-state index contributed by atoms with van der Waals surface area (Å²) in [5, 5.41) is 3.61. The van der Waals surface area contributed by atoms with Crippen LogP contribution in [0.2, 0.25) is 0 Å². The number of hydrogen-bond acceptors (Lipinski definition) is 5. The summed E-state index contributed by atoms with van der Waals surface area (Å²) in [5.41, 5.74) is 6.88. The highest BCUT2D eigenvalue weighted by atomic mass is 19.1. The van der Waals surface area contributed by atoms with Crippen LogP contribution in [0.4, 0.5) is 10.1 Å². The largest absolute Gasteiger partial charge is 0.457 e. The molecule has 0 atom stereocenters. The Morgan fingerprint density at radius 2 is 2.00 bits per heavy atom. The molecule has 3 aromatic rings. The van der Waals surface area contributed by atoms with Gasteiger partial charge in [0, 0.05) is 18.3 Å². The summed E-state index contributed by atoms with van der Waals surface area (Å²) in [4.78, 5) is 4.18. The van der Waals surface area contributed by atoms with Gasteiger partial charge in [0.05, 0.1) is 23.1 Å². The Labute approximate surface area is 113 Å². The number of anilines is 1. The maximum Gasteiger partial charge on any atom is 0.149 e. The molecule has 0 aliphatic heterocycles. The first-order valence-electron chi connectivity index (χ1n) is 5.81. The molecular formula is C14H10FN3O2. The Balaban J connectivity index is 1.87. The topological polar surface area (TPSA) is 74.2 Å². The van der Waals surface area contributed by atoms with Crippen LogP contribution in [0.5, 0.6) is 11.5 Å². The average Bonchev–Trinajstić information content (AvgIpc) is 2.97. The van der Waals surface area contributed by atoms with Crippen molar-refractivity contribution in [3.63, 3.8) is 0 Å². The number of hydrogen-bond donors (Lipinski definition) is 1. The fourth-order valence-corrected chi connectivity index (χ4v) is 1.67.